The maximum absolute atomic E-state index is 13.6. The van der Waals surface area contributed by atoms with Gasteiger partial charge < -0.3 is 14.4 Å². The highest BCUT2D eigenvalue weighted by atomic mass is 35.5. The zero-order chi connectivity index (χ0) is 23.8. The molecule has 33 heavy (non-hydrogen) atoms. The summed E-state index contributed by atoms with van der Waals surface area (Å²) < 4.78 is 2.12. The smallest absolute Gasteiger partial charge is 0.255 e. The van der Waals surface area contributed by atoms with Crippen molar-refractivity contribution < 1.29 is 9.59 Å². The molecule has 6 heteroatoms. The molecule has 172 valence electrons. The largest absolute Gasteiger partial charge is 0.339 e. The van der Waals surface area contributed by atoms with Crippen LogP contribution in [0.15, 0.2) is 60.7 Å². The lowest BCUT2D eigenvalue weighted by atomic mass is 9.94. The molecular weight excluding hydrogens is 434 g/mol. The van der Waals surface area contributed by atoms with Gasteiger partial charge in [0.05, 0.1) is 11.3 Å². The van der Waals surface area contributed by atoms with Gasteiger partial charge in [-0.3, -0.25) is 9.59 Å². The van der Waals surface area contributed by atoms with Crippen LogP contribution in [0.5, 0.6) is 0 Å². The zero-order valence-corrected chi connectivity index (χ0v) is 20.4. The minimum absolute atomic E-state index is 0.000234. The SMILES string of the molecule is Cc1c(C(=O)N2CCN(C(=O)C(C)(C)C)CC2)cc(-c2ccc(Cl)cc2)n1-c1ccccc1. The Morgan fingerprint density at radius 3 is 2.00 bits per heavy atom. The summed E-state index contributed by atoms with van der Waals surface area (Å²) in [6.45, 7) is 9.97. The van der Waals surface area contributed by atoms with Crippen LogP contribution in [0.2, 0.25) is 5.02 Å². The van der Waals surface area contributed by atoms with Gasteiger partial charge in [0.1, 0.15) is 0 Å². The third kappa shape index (κ3) is 4.69. The van der Waals surface area contributed by atoms with Crippen LogP contribution in [0.3, 0.4) is 0 Å². The van der Waals surface area contributed by atoms with Crippen LogP contribution >= 0.6 is 11.6 Å². The summed E-state index contributed by atoms with van der Waals surface area (Å²) in [4.78, 5) is 29.9. The number of nitrogens with zero attached hydrogens (tertiary/aromatic N) is 3. The fourth-order valence-corrected chi connectivity index (χ4v) is 4.45. The first-order chi connectivity index (χ1) is 15.7. The predicted octanol–water partition coefficient (Wildman–Crippen LogP) is 5.44. The Bertz CT molecular complexity index is 1150. The highest BCUT2D eigenvalue weighted by molar-refractivity contribution is 6.30. The number of carbonyl (C=O) groups excluding carboxylic acids is 2. The Balaban J connectivity index is 1.65. The maximum Gasteiger partial charge on any atom is 0.255 e. The van der Waals surface area contributed by atoms with E-state index in [9.17, 15) is 9.59 Å². The number of piperazine rings is 1. The van der Waals surface area contributed by atoms with Crippen LogP contribution in [-0.4, -0.2) is 52.4 Å². The molecule has 0 spiro atoms. The molecule has 1 aliphatic rings. The van der Waals surface area contributed by atoms with Crippen molar-refractivity contribution in [2.75, 3.05) is 26.2 Å². The molecule has 1 aromatic heterocycles. The van der Waals surface area contributed by atoms with Gasteiger partial charge in [-0.05, 0) is 42.8 Å². The average Bonchev–Trinajstić information content (AvgIpc) is 3.15. The molecule has 2 heterocycles. The van der Waals surface area contributed by atoms with E-state index >= 15 is 0 Å². The predicted molar refractivity (Wildman–Crippen MR) is 133 cm³/mol. The van der Waals surface area contributed by atoms with Crippen molar-refractivity contribution >= 4 is 23.4 Å². The topological polar surface area (TPSA) is 45.6 Å². The van der Waals surface area contributed by atoms with Crippen molar-refractivity contribution in [1.82, 2.24) is 14.4 Å². The highest BCUT2D eigenvalue weighted by Crippen LogP contribution is 2.31. The lowest BCUT2D eigenvalue weighted by Crippen LogP contribution is -2.53. The molecule has 0 unspecified atom stereocenters. The molecule has 0 saturated carbocycles. The average molecular weight is 464 g/mol. The van der Waals surface area contributed by atoms with E-state index in [0.717, 1.165) is 22.6 Å². The Morgan fingerprint density at radius 2 is 1.42 bits per heavy atom. The molecule has 2 aromatic carbocycles. The Kier molecular flexibility index (Phi) is 6.35. The van der Waals surface area contributed by atoms with Crippen molar-refractivity contribution in [2.45, 2.75) is 27.7 Å². The summed E-state index contributed by atoms with van der Waals surface area (Å²) in [5, 5.41) is 0.673. The number of halogens is 1. The second-order valence-electron chi connectivity index (χ2n) is 9.54. The molecule has 1 fully saturated rings. The van der Waals surface area contributed by atoms with Gasteiger partial charge in [-0.15, -0.1) is 0 Å². The number of para-hydroxylation sites is 1. The van der Waals surface area contributed by atoms with E-state index in [1.807, 2.05) is 98.2 Å². The summed E-state index contributed by atoms with van der Waals surface area (Å²) in [5.74, 6) is 0.131. The molecule has 1 saturated heterocycles. The van der Waals surface area contributed by atoms with Crippen LogP contribution in [0.25, 0.3) is 16.9 Å². The lowest BCUT2D eigenvalue weighted by molar-refractivity contribution is -0.140. The summed E-state index contributed by atoms with van der Waals surface area (Å²) in [7, 11) is 0. The first-order valence-corrected chi connectivity index (χ1v) is 11.7. The van der Waals surface area contributed by atoms with Gasteiger partial charge in [0.25, 0.3) is 5.91 Å². The van der Waals surface area contributed by atoms with Crippen LogP contribution in [0, 0.1) is 12.3 Å². The van der Waals surface area contributed by atoms with E-state index < -0.39 is 5.41 Å². The Labute approximate surface area is 200 Å². The molecule has 0 radical (unpaired) electrons. The van der Waals surface area contributed by atoms with Gasteiger partial charge in [-0.2, -0.15) is 0 Å². The molecule has 5 nitrogen and oxygen atoms in total. The number of carbonyl (C=O) groups is 2. The van der Waals surface area contributed by atoms with Gasteiger partial charge in [-0.1, -0.05) is 62.7 Å². The van der Waals surface area contributed by atoms with Crippen molar-refractivity contribution in [1.29, 1.82) is 0 Å². The molecular formula is C27H30ClN3O2. The Hall–Kier alpha value is -3.05. The van der Waals surface area contributed by atoms with Crippen LogP contribution in [0.4, 0.5) is 0 Å². The molecule has 0 N–H and O–H groups in total. The number of benzene rings is 2. The number of hydrogen-bond acceptors (Lipinski definition) is 2. The Morgan fingerprint density at radius 1 is 0.848 bits per heavy atom. The van der Waals surface area contributed by atoms with E-state index in [2.05, 4.69) is 4.57 Å². The first kappa shape index (κ1) is 23.1. The normalized spacial score (nSPS) is 14.5. The highest BCUT2D eigenvalue weighted by Gasteiger charge is 2.32. The van der Waals surface area contributed by atoms with Gasteiger partial charge in [0, 0.05) is 48.0 Å². The van der Waals surface area contributed by atoms with Crippen LogP contribution in [-0.2, 0) is 4.79 Å². The summed E-state index contributed by atoms with van der Waals surface area (Å²) in [5.41, 5.74) is 4.10. The quantitative estimate of drug-likeness (QED) is 0.519. The second kappa shape index (κ2) is 9.06. The maximum atomic E-state index is 13.6. The first-order valence-electron chi connectivity index (χ1n) is 11.3. The van der Waals surface area contributed by atoms with Gasteiger partial charge in [0.15, 0.2) is 0 Å². The van der Waals surface area contributed by atoms with Crippen LogP contribution < -0.4 is 0 Å². The van der Waals surface area contributed by atoms with Crippen molar-refractivity contribution in [2.24, 2.45) is 5.41 Å². The van der Waals surface area contributed by atoms with Crippen LogP contribution in [0.1, 0.15) is 36.8 Å². The van der Waals surface area contributed by atoms with Crippen molar-refractivity contribution in [3.05, 3.63) is 76.9 Å². The molecule has 3 aromatic rings. The van der Waals surface area contributed by atoms with Gasteiger partial charge in [-0.25, -0.2) is 0 Å². The summed E-state index contributed by atoms with van der Waals surface area (Å²) >= 11 is 6.11. The van der Waals surface area contributed by atoms with E-state index in [-0.39, 0.29) is 11.8 Å². The summed E-state index contributed by atoms with van der Waals surface area (Å²) in [6.07, 6.45) is 0. The second-order valence-corrected chi connectivity index (χ2v) is 9.98. The molecule has 0 bridgehead atoms. The monoisotopic (exact) mass is 463 g/mol. The molecule has 4 rings (SSSR count). The third-order valence-corrected chi connectivity index (χ3v) is 6.38. The number of amides is 2. The van der Waals surface area contributed by atoms with E-state index in [1.165, 1.54) is 0 Å². The molecule has 1 aliphatic heterocycles. The minimum Gasteiger partial charge on any atom is -0.339 e. The number of hydrogen-bond donors (Lipinski definition) is 0. The zero-order valence-electron chi connectivity index (χ0n) is 19.6. The molecule has 2 amide bonds. The lowest BCUT2D eigenvalue weighted by Gasteiger charge is -2.37. The summed E-state index contributed by atoms with van der Waals surface area (Å²) in [6, 6.07) is 19.7. The van der Waals surface area contributed by atoms with Crippen molar-refractivity contribution in [3.63, 3.8) is 0 Å². The van der Waals surface area contributed by atoms with Gasteiger partial charge >= 0.3 is 0 Å². The van der Waals surface area contributed by atoms with E-state index in [4.69, 9.17) is 11.6 Å². The fraction of sp³-hybridized carbons (Fsp3) is 0.333. The standard InChI is InChI=1S/C27H30ClN3O2/c1-19-23(25(32)29-14-16-30(17-15-29)26(33)27(2,3)4)18-24(20-10-12-21(28)13-11-20)31(19)22-8-6-5-7-9-22/h5-13,18H,14-17H2,1-4H3. The van der Waals surface area contributed by atoms with Crippen molar-refractivity contribution in [3.8, 4) is 16.9 Å². The minimum atomic E-state index is -0.414. The van der Waals surface area contributed by atoms with E-state index in [0.29, 0.717) is 36.8 Å². The number of rotatable bonds is 3. The van der Waals surface area contributed by atoms with E-state index in [1.54, 1.807) is 0 Å². The van der Waals surface area contributed by atoms with Gasteiger partial charge in [0.2, 0.25) is 5.91 Å². The third-order valence-electron chi connectivity index (χ3n) is 6.13. The number of aromatic nitrogens is 1. The molecule has 0 aliphatic carbocycles. The fourth-order valence-electron chi connectivity index (χ4n) is 4.32. The molecule has 0 atom stereocenters.